The molecule has 0 spiro atoms. The van der Waals surface area contributed by atoms with Crippen LogP contribution in [0.1, 0.15) is 40.0 Å². The third-order valence-electron chi connectivity index (χ3n) is 5.57. The average molecular weight is 522 g/mol. The van der Waals surface area contributed by atoms with Crippen LogP contribution in [-0.4, -0.2) is 105 Å². The number of amides is 5. The summed E-state index contributed by atoms with van der Waals surface area (Å²) in [5.41, 5.74) is 0.269. The van der Waals surface area contributed by atoms with Crippen molar-refractivity contribution in [2.24, 2.45) is 0 Å². The van der Waals surface area contributed by atoms with Gasteiger partial charge in [-0.15, -0.1) is 0 Å². The van der Waals surface area contributed by atoms with Gasteiger partial charge in [-0.25, -0.2) is 0 Å². The van der Waals surface area contributed by atoms with Gasteiger partial charge in [0.15, 0.2) is 0 Å². The van der Waals surface area contributed by atoms with Crippen LogP contribution in [0.5, 0.6) is 0 Å². The fourth-order valence-corrected chi connectivity index (χ4v) is 3.82. The first-order valence-electron chi connectivity index (χ1n) is 12.0. The first-order chi connectivity index (χ1) is 17.9. The smallest absolute Gasteiger partial charge is 0.264 e. The zero-order chi connectivity index (χ0) is 26.6. The van der Waals surface area contributed by atoms with E-state index in [9.17, 15) is 24.0 Å². The summed E-state index contributed by atoms with van der Waals surface area (Å²) in [6.07, 6.45) is 0.0830. The van der Waals surface area contributed by atoms with Crippen LogP contribution in [0, 0.1) is 0 Å². The Morgan fingerprint density at radius 2 is 1.54 bits per heavy atom. The fourth-order valence-electron chi connectivity index (χ4n) is 3.82. The molecule has 1 unspecified atom stereocenters. The second kappa shape index (κ2) is 14.5. The molecule has 1 atom stereocenters. The minimum Gasteiger partial charge on any atom is -0.394 e. The van der Waals surface area contributed by atoms with Gasteiger partial charge < -0.3 is 29.4 Å². The second-order valence-electron chi connectivity index (χ2n) is 8.15. The predicted octanol–water partition coefficient (Wildman–Crippen LogP) is -0.525. The van der Waals surface area contributed by atoms with Crippen molar-refractivity contribution < 1.29 is 48.0 Å². The lowest BCUT2D eigenvalue weighted by atomic mass is 10.0. The summed E-state index contributed by atoms with van der Waals surface area (Å²) in [4.78, 5) is 62.8. The Bertz CT molecular complexity index is 999. The van der Waals surface area contributed by atoms with Gasteiger partial charge in [0.1, 0.15) is 6.04 Å². The van der Waals surface area contributed by atoms with Crippen LogP contribution in [0.25, 0.3) is 0 Å². The molecule has 5 amide bonds. The molecule has 1 saturated heterocycles. The zero-order valence-corrected chi connectivity index (χ0v) is 20.4. The Kier molecular flexibility index (Phi) is 11.1. The largest absolute Gasteiger partial charge is 0.394 e. The topological polar surface area (TPSA) is 170 Å². The van der Waals surface area contributed by atoms with Gasteiger partial charge in [0.05, 0.1) is 82.7 Å². The van der Waals surface area contributed by atoms with E-state index in [0.29, 0.717) is 33.0 Å². The van der Waals surface area contributed by atoms with Crippen LogP contribution in [-0.2, 0) is 33.3 Å². The molecule has 3 rings (SSSR count). The van der Waals surface area contributed by atoms with Crippen LogP contribution in [0.4, 0.5) is 5.69 Å². The molecule has 1 aromatic carbocycles. The number of piperidine rings is 1. The quantitative estimate of drug-likeness (QED) is 0.190. The van der Waals surface area contributed by atoms with Crippen molar-refractivity contribution in [3.63, 3.8) is 0 Å². The standard InChI is InChI=1S/C24H31N3O10/c28-7-9-35-11-13-37-15-14-36-12-10-34-8-6-20(30)25-17-3-1-2-16-21(17)24(33)27(23(16)32)18-4-5-19(29)26-22(18)31/h1-3,18,28H,4-15H2,(H,25,30)(H,26,29,31). The number of benzene rings is 1. The van der Waals surface area contributed by atoms with Crippen LogP contribution in [0.2, 0.25) is 0 Å². The van der Waals surface area contributed by atoms with Gasteiger partial charge in [-0.2, -0.15) is 0 Å². The highest BCUT2D eigenvalue weighted by Crippen LogP contribution is 2.32. The molecule has 0 bridgehead atoms. The molecular formula is C24H31N3O10. The minimum atomic E-state index is -1.08. The molecule has 37 heavy (non-hydrogen) atoms. The first-order valence-corrected chi connectivity index (χ1v) is 12.0. The van der Waals surface area contributed by atoms with E-state index in [1.807, 2.05) is 0 Å². The van der Waals surface area contributed by atoms with E-state index >= 15 is 0 Å². The molecule has 0 aliphatic carbocycles. The number of carbonyl (C=O) groups excluding carboxylic acids is 5. The number of imide groups is 2. The van der Waals surface area contributed by atoms with E-state index in [2.05, 4.69) is 10.6 Å². The number of ether oxygens (including phenoxy) is 4. The number of hydrogen-bond acceptors (Lipinski definition) is 10. The number of fused-ring (bicyclic) bond motifs is 1. The maximum absolute atomic E-state index is 13.0. The maximum Gasteiger partial charge on any atom is 0.264 e. The van der Waals surface area contributed by atoms with Crippen molar-refractivity contribution in [1.29, 1.82) is 0 Å². The Balaban J connectivity index is 1.37. The molecule has 0 radical (unpaired) electrons. The van der Waals surface area contributed by atoms with Crippen LogP contribution >= 0.6 is 0 Å². The number of aliphatic hydroxyl groups is 1. The highest BCUT2D eigenvalue weighted by molar-refractivity contribution is 6.26. The molecular weight excluding hydrogens is 490 g/mol. The van der Waals surface area contributed by atoms with Crippen molar-refractivity contribution in [1.82, 2.24) is 10.2 Å². The molecule has 202 valence electrons. The lowest BCUT2D eigenvalue weighted by Gasteiger charge is -2.27. The summed E-state index contributed by atoms with van der Waals surface area (Å²) in [6.45, 7) is 2.58. The van der Waals surface area contributed by atoms with E-state index in [0.717, 1.165) is 4.90 Å². The fraction of sp³-hybridized carbons (Fsp3) is 0.542. The minimum absolute atomic E-state index is 0.0135. The van der Waals surface area contributed by atoms with E-state index in [-0.39, 0.29) is 62.5 Å². The van der Waals surface area contributed by atoms with Gasteiger partial charge in [0.25, 0.3) is 11.8 Å². The second-order valence-corrected chi connectivity index (χ2v) is 8.15. The Hall–Kier alpha value is -3.23. The van der Waals surface area contributed by atoms with Gasteiger partial charge >= 0.3 is 0 Å². The van der Waals surface area contributed by atoms with E-state index in [4.69, 9.17) is 24.1 Å². The van der Waals surface area contributed by atoms with Crippen LogP contribution in [0.15, 0.2) is 18.2 Å². The number of hydrogen-bond donors (Lipinski definition) is 3. The molecule has 13 nitrogen and oxygen atoms in total. The number of nitrogens with zero attached hydrogens (tertiary/aromatic N) is 1. The summed E-state index contributed by atoms with van der Waals surface area (Å²) in [5, 5.41) is 13.4. The first kappa shape index (κ1) is 28.3. The van der Waals surface area contributed by atoms with Crippen molar-refractivity contribution in [3.05, 3.63) is 29.3 Å². The Morgan fingerprint density at radius 1 is 0.919 bits per heavy atom. The third kappa shape index (κ3) is 7.87. The van der Waals surface area contributed by atoms with Crippen LogP contribution < -0.4 is 10.6 Å². The zero-order valence-electron chi connectivity index (χ0n) is 20.4. The molecule has 0 aromatic heterocycles. The third-order valence-corrected chi connectivity index (χ3v) is 5.57. The molecule has 0 saturated carbocycles. The van der Waals surface area contributed by atoms with Crippen molar-refractivity contribution in [2.75, 3.05) is 64.8 Å². The summed E-state index contributed by atoms with van der Waals surface area (Å²) in [7, 11) is 0. The van der Waals surface area contributed by atoms with E-state index in [1.165, 1.54) is 18.2 Å². The van der Waals surface area contributed by atoms with Gasteiger partial charge in [-0.05, 0) is 18.6 Å². The highest BCUT2D eigenvalue weighted by atomic mass is 16.6. The monoisotopic (exact) mass is 521 g/mol. The van der Waals surface area contributed by atoms with Crippen LogP contribution in [0.3, 0.4) is 0 Å². The number of rotatable bonds is 16. The predicted molar refractivity (Wildman–Crippen MR) is 127 cm³/mol. The molecule has 1 aromatic rings. The van der Waals surface area contributed by atoms with Gasteiger partial charge in [0, 0.05) is 6.42 Å². The number of nitrogens with one attached hydrogen (secondary N) is 2. The van der Waals surface area contributed by atoms with Crippen molar-refractivity contribution in [3.8, 4) is 0 Å². The Labute approximate surface area is 213 Å². The maximum atomic E-state index is 13.0. The van der Waals surface area contributed by atoms with Gasteiger partial charge in [-0.1, -0.05) is 6.07 Å². The lowest BCUT2D eigenvalue weighted by molar-refractivity contribution is -0.136. The van der Waals surface area contributed by atoms with Gasteiger partial charge in [0.2, 0.25) is 17.7 Å². The van der Waals surface area contributed by atoms with E-state index < -0.39 is 35.6 Å². The average Bonchev–Trinajstić information content (AvgIpc) is 3.12. The molecule has 3 N–H and O–H groups in total. The normalized spacial score (nSPS) is 17.2. The highest BCUT2D eigenvalue weighted by Gasteiger charge is 2.45. The SMILES string of the molecule is O=C1CCC(N2C(=O)c3cccc(NC(=O)CCOCCOCCOCCOCCO)c3C2=O)C(=O)N1. The molecule has 2 aliphatic rings. The number of carbonyl (C=O) groups is 5. The molecule has 2 aliphatic heterocycles. The molecule has 1 fully saturated rings. The Morgan fingerprint density at radius 3 is 2.16 bits per heavy atom. The summed E-state index contributed by atoms with van der Waals surface area (Å²) in [5.74, 6) is -2.90. The lowest BCUT2D eigenvalue weighted by Crippen LogP contribution is -2.54. The number of anilines is 1. The van der Waals surface area contributed by atoms with Gasteiger partial charge in [-0.3, -0.25) is 34.2 Å². The number of aliphatic hydroxyl groups excluding tert-OH is 1. The van der Waals surface area contributed by atoms with Crippen molar-refractivity contribution >= 4 is 35.2 Å². The summed E-state index contributed by atoms with van der Waals surface area (Å²) >= 11 is 0. The molecule has 2 heterocycles. The summed E-state index contributed by atoms with van der Waals surface area (Å²) in [6, 6.07) is 3.41. The van der Waals surface area contributed by atoms with E-state index in [1.54, 1.807) is 0 Å². The van der Waals surface area contributed by atoms with Crippen molar-refractivity contribution in [2.45, 2.75) is 25.3 Å². The molecule has 13 heteroatoms. The summed E-state index contributed by atoms with van der Waals surface area (Å²) < 4.78 is 21.1.